The number of carbonyl (C=O) groups is 1. The maximum atomic E-state index is 11.7. The number of piperidine rings is 1. The monoisotopic (exact) mass is 234 g/mol. The molecule has 1 aromatic carbocycles. The Morgan fingerprint density at radius 1 is 1.38 bits per heavy atom. The highest BCUT2D eigenvalue weighted by atomic mass is 35.5. The topological polar surface area (TPSA) is 44.1 Å². The number of halogens is 1. The molecule has 1 aromatic rings. The quantitative estimate of drug-likeness (QED) is 0.750. The standard InChI is InChI=1S/C12H11ClN2O/c13-10-5-4-9(8-14)11(7-10)15-6-2-1-3-12(15)16/h4-5,7H,1-3,6H2. The van der Waals surface area contributed by atoms with Gasteiger partial charge in [0.25, 0.3) is 0 Å². The van der Waals surface area contributed by atoms with Crippen LogP contribution < -0.4 is 4.90 Å². The number of nitrogens with zero attached hydrogens (tertiary/aromatic N) is 2. The lowest BCUT2D eigenvalue weighted by atomic mass is 10.1. The van der Waals surface area contributed by atoms with Crippen molar-refractivity contribution in [3.63, 3.8) is 0 Å². The van der Waals surface area contributed by atoms with Gasteiger partial charge in [-0.15, -0.1) is 0 Å². The first-order chi connectivity index (χ1) is 7.72. The maximum Gasteiger partial charge on any atom is 0.227 e. The van der Waals surface area contributed by atoms with Crippen LogP contribution in [-0.2, 0) is 4.79 Å². The predicted molar refractivity (Wildman–Crippen MR) is 62.4 cm³/mol. The highest BCUT2D eigenvalue weighted by Crippen LogP contribution is 2.27. The third kappa shape index (κ3) is 2.02. The van der Waals surface area contributed by atoms with E-state index in [0.29, 0.717) is 29.2 Å². The van der Waals surface area contributed by atoms with Crippen molar-refractivity contribution in [1.82, 2.24) is 0 Å². The van der Waals surface area contributed by atoms with E-state index in [9.17, 15) is 4.79 Å². The van der Waals surface area contributed by atoms with Gasteiger partial charge in [-0.1, -0.05) is 11.6 Å². The molecular formula is C12H11ClN2O. The summed E-state index contributed by atoms with van der Waals surface area (Å²) in [6.07, 6.45) is 2.46. The van der Waals surface area contributed by atoms with Gasteiger partial charge in [-0.05, 0) is 31.0 Å². The SMILES string of the molecule is N#Cc1ccc(Cl)cc1N1CCCCC1=O. The zero-order valence-electron chi connectivity index (χ0n) is 8.74. The van der Waals surface area contributed by atoms with E-state index in [4.69, 9.17) is 16.9 Å². The van der Waals surface area contributed by atoms with Gasteiger partial charge < -0.3 is 4.90 Å². The molecule has 1 heterocycles. The maximum absolute atomic E-state index is 11.7. The van der Waals surface area contributed by atoms with Crippen LogP contribution >= 0.6 is 11.6 Å². The molecule has 2 rings (SSSR count). The molecule has 1 aliphatic heterocycles. The second-order valence-electron chi connectivity index (χ2n) is 3.78. The summed E-state index contributed by atoms with van der Waals surface area (Å²) in [4.78, 5) is 13.4. The van der Waals surface area contributed by atoms with E-state index in [2.05, 4.69) is 6.07 Å². The van der Waals surface area contributed by atoms with E-state index in [1.54, 1.807) is 23.1 Å². The highest BCUT2D eigenvalue weighted by molar-refractivity contribution is 6.31. The first-order valence-electron chi connectivity index (χ1n) is 5.22. The van der Waals surface area contributed by atoms with Crippen molar-refractivity contribution in [3.05, 3.63) is 28.8 Å². The Balaban J connectivity index is 2.42. The van der Waals surface area contributed by atoms with E-state index in [0.717, 1.165) is 12.8 Å². The minimum absolute atomic E-state index is 0.0741. The van der Waals surface area contributed by atoms with Gasteiger partial charge in [0.05, 0.1) is 11.3 Å². The third-order valence-corrected chi connectivity index (χ3v) is 2.93. The first-order valence-corrected chi connectivity index (χ1v) is 5.60. The molecule has 0 bridgehead atoms. The van der Waals surface area contributed by atoms with E-state index in [1.165, 1.54) is 0 Å². The largest absolute Gasteiger partial charge is 0.311 e. The molecule has 0 spiro atoms. The van der Waals surface area contributed by atoms with Gasteiger partial charge in [0.2, 0.25) is 5.91 Å². The molecule has 3 nitrogen and oxygen atoms in total. The van der Waals surface area contributed by atoms with Gasteiger partial charge in [0, 0.05) is 18.0 Å². The molecule has 1 amide bonds. The van der Waals surface area contributed by atoms with Crippen molar-refractivity contribution in [1.29, 1.82) is 5.26 Å². The van der Waals surface area contributed by atoms with Crippen molar-refractivity contribution in [2.75, 3.05) is 11.4 Å². The van der Waals surface area contributed by atoms with Gasteiger partial charge in [0.1, 0.15) is 6.07 Å². The Bertz CT molecular complexity index is 465. The van der Waals surface area contributed by atoms with Crippen LogP contribution in [0.1, 0.15) is 24.8 Å². The Kier molecular flexibility index (Phi) is 3.12. The van der Waals surface area contributed by atoms with Crippen molar-refractivity contribution < 1.29 is 4.79 Å². The van der Waals surface area contributed by atoms with Crippen molar-refractivity contribution >= 4 is 23.2 Å². The Hall–Kier alpha value is -1.53. The van der Waals surface area contributed by atoms with Crippen LogP contribution in [0.2, 0.25) is 5.02 Å². The van der Waals surface area contributed by atoms with E-state index < -0.39 is 0 Å². The lowest BCUT2D eigenvalue weighted by Crippen LogP contribution is -2.35. The molecule has 0 N–H and O–H groups in total. The fourth-order valence-electron chi connectivity index (χ4n) is 1.88. The number of nitriles is 1. The highest BCUT2D eigenvalue weighted by Gasteiger charge is 2.22. The van der Waals surface area contributed by atoms with Crippen LogP contribution in [0.25, 0.3) is 0 Å². The van der Waals surface area contributed by atoms with Gasteiger partial charge in [-0.3, -0.25) is 4.79 Å². The van der Waals surface area contributed by atoms with Gasteiger partial charge >= 0.3 is 0 Å². The predicted octanol–water partition coefficient (Wildman–Crippen LogP) is 2.73. The van der Waals surface area contributed by atoms with Crippen LogP contribution in [0, 0.1) is 11.3 Å². The fraction of sp³-hybridized carbons (Fsp3) is 0.333. The van der Waals surface area contributed by atoms with E-state index >= 15 is 0 Å². The molecule has 0 radical (unpaired) electrons. The van der Waals surface area contributed by atoms with Crippen LogP contribution in [0.3, 0.4) is 0 Å². The van der Waals surface area contributed by atoms with Crippen LogP contribution in [0.5, 0.6) is 0 Å². The molecule has 1 saturated heterocycles. The summed E-state index contributed by atoms with van der Waals surface area (Å²) in [6, 6.07) is 7.09. The van der Waals surface area contributed by atoms with Crippen LogP contribution in [-0.4, -0.2) is 12.5 Å². The number of carbonyl (C=O) groups excluding carboxylic acids is 1. The second kappa shape index (κ2) is 4.54. The van der Waals surface area contributed by atoms with Gasteiger partial charge in [-0.2, -0.15) is 5.26 Å². The summed E-state index contributed by atoms with van der Waals surface area (Å²) in [5, 5.41) is 9.54. The fourth-order valence-corrected chi connectivity index (χ4v) is 2.05. The number of amides is 1. The molecule has 0 saturated carbocycles. The Labute approximate surface area is 99.2 Å². The number of anilines is 1. The zero-order chi connectivity index (χ0) is 11.5. The first kappa shape index (κ1) is 11.0. The van der Waals surface area contributed by atoms with E-state index in [-0.39, 0.29) is 5.91 Å². The van der Waals surface area contributed by atoms with Crippen molar-refractivity contribution in [2.45, 2.75) is 19.3 Å². The molecule has 16 heavy (non-hydrogen) atoms. The Morgan fingerprint density at radius 2 is 2.19 bits per heavy atom. The minimum atomic E-state index is 0.0741. The average Bonchev–Trinajstić information content (AvgIpc) is 2.29. The van der Waals surface area contributed by atoms with Crippen LogP contribution in [0.4, 0.5) is 5.69 Å². The molecule has 1 fully saturated rings. The summed E-state index contributed by atoms with van der Waals surface area (Å²) in [7, 11) is 0. The summed E-state index contributed by atoms with van der Waals surface area (Å²) in [5.74, 6) is 0.0741. The molecule has 82 valence electrons. The lowest BCUT2D eigenvalue weighted by molar-refractivity contribution is -0.119. The Morgan fingerprint density at radius 3 is 2.88 bits per heavy atom. The molecule has 0 atom stereocenters. The molecule has 4 heteroatoms. The van der Waals surface area contributed by atoms with Gasteiger partial charge in [-0.25, -0.2) is 0 Å². The molecule has 1 aliphatic rings. The number of hydrogen-bond donors (Lipinski definition) is 0. The number of rotatable bonds is 1. The van der Waals surface area contributed by atoms with Crippen LogP contribution in [0.15, 0.2) is 18.2 Å². The normalized spacial score (nSPS) is 16.0. The van der Waals surface area contributed by atoms with Gasteiger partial charge in [0.15, 0.2) is 0 Å². The average molecular weight is 235 g/mol. The zero-order valence-corrected chi connectivity index (χ0v) is 9.50. The summed E-state index contributed by atoms with van der Waals surface area (Å²) >= 11 is 5.89. The summed E-state index contributed by atoms with van der Waals surface area (Å²) < 4.78 is 0. The molecule has 0 aromatic heterocycles. The molecular weight excluding hydrogens is 224 g/mol. The molecule has 0 unspecified atom stereocenters. The summed E-state index contributed by atoms with van der Waals surface area (Å²) in [5.41, 5.74) is 1.14. The van der Waals surface area contributed by atoms with Crippen molar-refractivity contribution in [2.24, 2.45) is 0 Å². The second-order valence-corrected chi connectivity index (χ2v) is 4.21. The van der Waals surface area contributed by atoms with E-state index in [1.807, 2.05) is 0 Å². The molecule has 0 aliphatic carbocycles. The summed E-state index contributed by atoms with van der Waals surface area (Å²) in [6.45, 7) is 0.674. The number of benzene rings is 1. The van der Waals surface area contributed by atoms with Crippen molar-refractivity contribution in [3.8, 4) is 6.07 Å². The minimum Gasteiger partial charge on any atom is -0.311 e. The lowest BCUT2D eigenvalue weighted by Gasteiger charge is -2.27. The third-order valence-electron chi connectivity index (χ3n) is 2.69. The number of hydrogen-bond acceptors (Lipinski definition) is 2. The smallest absolute Gasteiger partial charge is 0.227 e.